The molecule has 1 unspecified atom stereocenters. The van der Waals surface area contributed by atoms with Gasteiger partial charge in [0.1, 0.15) is 5.60 Å². The summed E-state index contributed by atoms with van der Waals surface area (Å²) < 4.78 is 5.34. The maximum Gasteiger partial charge on any atom is 0.407 e. The Bertz CT molecular complexity index is 450. The molecule has 0 aromatic rings. The molecule has 3 N–H and O–H groups in total. The molecule has 7 heteroatoms. The van der Waals surface area contributed by atoms with E-state index < -0.39 is 11.7 Å². The first-order chi connectivity index (χ1) is 11.2. The van der Waals surface area contributed by atoms with Gasteiger partial charge in [-0.15, -0.1) is 24.0 Å². The zero-order chi connectivity index (χ0) is 18.2. The van der Waals surface area contributed by atoms with E-state index in [1.54, 1.807) is 0 Å². The summed E-state index contributed by atoms with van der Waals surface area (Å²) in [5.41, 5.74) is -0.499. The molecule has 0 radical (unpaired) electrons. The molecule has 1 rings (SSSR count). The fourth-order valence-corrected chi connectivity index (χ4v) is 2.32. The second-order valence-corrected chi connectivity index (χ2v) is 7.50. The Morgan fingerprint density at radius 3 is 2.36 bits per heavy atom. The van der Waals surface area contributed by atoms with Gasteiger partial charge in [0.05, 0.1) is 12.6 Å². The highest BCUT2D eigenvalue weighted by molar-refractivity contribution is 14.0. The quantitative estimate of drug-likeness (QED) is 0.243. The molecular weight excluding hydrogens is 431 g/mol. The number of halogens is 1. The highest BCUT2D eigenvalue weighted by Crippen LogP contribution is 2.10. The molecule has 0 saturated heterocycles. The normalized spacial score (nSPS) is 16.4. The number of nitrogens with one attached hydrogen (secondary N) is 3. The Labute approximate surface area is 169 Å². The Hall–Kier alpha value is -0.990. The van der Waals surface area contributed by atoms with Gasteiger partial charge in [-0.25, -0.2) is 4.79 Å². The smallest absolute Gasteiger partial charge is 0.407 e. The van der Waals surface area contributed by atoms with Crippen LogP contribution in [0, 0.1) is 5.92 Å². The fourth-order valence-electron chi connectivity index (χ4n) is 2.32. The minimum absolute atomic E-state index is 0. The maximum absolute atomic E-state index is 12.0. The number of carbonyl (C=O) groups excluding carboxylic acids is 1. The molecule has 0 aromatic heterocycles. The molecule has 146 valence electrons. The van der Waals surface area contributed by atoms with E-state index in [9.17, 15) is 4.79 Å². The van der Waals surface area contributed by atoms with Crippen molar-refractivity contribution in [1.29, 1.82) is 0 Å². The van der Waals surface area contributed by atoms with Crippen molar-refractivity contribution >= 4 is 36.0 Å². The van der Waals surface area contributed by atoms with Gasteiger partial charge >= 0.3 is 6.09 Å². The molecule has 0 saturated carbocycles. The first-order valence-electron chi connectivity index (χ1n) is 8.90. The molecule has 0 aromatic carbocycles. The molecule has 1 amide bonds. The third kappa shape index (κ3) is 10.6. The van der Waals surface area contributed by atoms with Gasteiger partial charge < -0.3 is 20.7 Å². The van der Waals surface area contributed by atoms with Crippen LogP contribution in [0.1, 0.15) is 54.4 Å². The van der Waals surface area contributed by atoms with E-state index in [2.05, 4.69) is 46.9 Å². The maximum atomic E-state index is 12.0. The van der Waals surface area contributed by atoms with E-state index in [-0.39, 0.29) is 35.9 Å². The van der Waals surface area contributed by atoms with Gasteiger partial charge in [-0.1, -0.05) is 26.0 Å². The van der Waals surface area contributed by atoms with Crippen LogP contribution in [-0.4, -0.2) is 42.8 Å². The van der Waals surface area contributed by atoms with Gasteiger partial charge in [0, 0.05) is 12.6 Å². The lowest BCUT2D eigenvalue weighted by atomic mass is 10.1. The van der Waals surface area contributed by atoms with Crippen LogP contribution < -0.4 is 16.0 Å². The van der Waals surface area contributed by atoms with E-state index >= 15 is 0 Å². The number of aliphatic imine (C=N–C) groups is 1. The fraction of sp³-hybridized carbons (Fsp3) is 0.778. The van der Waals surface area contributed by atoms with Gasteiger partial charge in [-0.05, 0) is 46.5 Å². The summed E-state index contributed by atoms with van der Waals surface area (Å²) in [7, 11) is 0. The standard InChI is InChI=1S/C18H34N4O2.HI/c1-7-19-16(21-14-10-8-9-11-14)20-12-15(13(2)3)22-17(23)24-18(4,5)6;/h8-9,13-15H,7,10-12H2,1-6H3,(H,22,23)(H2,19,20,21);1H. The van der Waals surface area contributed by atoms with E-state index in [4.69, 9.17) is 4.74 Å². The van der Waals surface area contributed by atoms with Crippen LogP contribution in [0.25, 0.3) is 0 Å². The average Bonchev–Trinajstić information content (AvgIpc) is 2.94. The lowest BCUT2D eigenvalue weighted by molar-refractivity contribution is 0.0493. The minimum Gasteiger partial charge on any atom is -0.444 e. The van der Waals surface area contributed by atoms with Crippen LogP contribution in [0.15, 0.2) is 17.1 Å². The van der Waals surface area contributed by atoms with Gasteiger partial charge in [-0.3, -0.25) is 4.99 Å². The van der Waals surface area contributed by atoms with E-state index in [1.165, 1.54) is 0 Å². The summed E-state index contributed by atoms with van der Waals surface area (Å²) in [6.07, 6.45) is 6.02. The number of carbonyl (C=O) groups is 1. The third-order valence-electron chi connectivity index (χ3n) is 3.65. The van der Waals surface area contributed by atoms with Crippen LogP contribution in [0.5, 0.6) is 0 Å². The zero-order valence-corrected chi connectivity index (χ0v) is 18.7. The lowest BCUT2D eigenvalue weighted by Crippen LogP contribution is -2.46. The Morgan fingerprint density at radius 2 is 1.88 bits per heavy atom. The predicted octanol–water partition coefficient (Wildman–Crippen LogP) is 3.43. The van der Waals surface area contributed by atoms with Crippen molar-refractivity contribution in [3.63, 3.8) is 0 Å². The Balaban J connectivity index is 0.00000576. The van der Waals surface area contributed by atoms with E-state index in [1.807, 2.05) is 27.7 Å². The molecule has 1 atom stereocenters. The Kier molecular flexibility index (Phi) is 11.1. The number of amides is 1. The highest BCUT2D eigenvalue weighted by atomic mass is 127. The molecule has 1 aliphatic carbocycles. The minimum atomic E-state index is -0.499. The van der Waals surface area contributed by atoms with Crippen molar-refractivity contribution in [3.8, 4) is 0 Å². The van der Waals surface area contributed by atoms with Gasteiger partial charge in [0.2, 0.25) is 0 Å². The first-order valence-corrected chi connectivity index (χ1v) is 8.90. The van der Waals surface area contributed by atoms with Gasteiger partial charge in [-0.2, -0.15) is 0 Å². The number of ether oxygens (including phenoxy) is 1. The average molecular weight is 466 g/mol. The number of rotatable bonds is 6. The van der Waals surface area contributed by atoms with Crippen molar-refractivity contribution in [2.24, 2.45) is 10.9 Å². The zero-order valence-electron chi connectivity index (χ0n) is 16.4. The molecule has 0 spiro atoms. The van der Waals surface area contributed by atoms with Crippen LogP contribution in [0.3, 0.4) is 0 Å². The summed E-state index contributed by atoms with van der Waals surface area (Å²) in [6.45, 7) is 13.1. The monoisotopic (exact) mass is 466 g/mol. The van der Waals surface area contributed by atoms with Crippen molar-refractivity contribution < 1.29 is 9.53 Å². The number of guanidine groups is 1. The second kappa shape index (κ2) is 11.6. The first kappa shape index (κ1) is 24.0. The van der Waals surface area contributed by atoms with Gasteiger partial charge in [0.25, 0.3) is 0 Å². The number of hydrogen-bond acceptors (Lipinski definition) is 3. The van der Waals surface area contributed by atoms with Crippen LogP contribution in [0.4, 0.5) is 4.79 Å². The lowest BCUT2D eigenvalue weighted by Gasteiger charge is -2.25. The van der Waals surface area contributed by atoms with E-state index in [0.29, 0.717) is 12.6 Å². The summed E-state index contributed by atoms with van der Waals surface area (Å²) >= 11 is 0. The van der Waals surface area contributed by atoms with Crippen molar-refractivity contribution in [2.75, 3.05) is 13.1 Å². The second-order valence-electron chi connectivity index (χ2n) is 7.50. The third-order valence-corrected chi connectivity index (χ3v) is 3.65. The number of alkyl carbamates (subject to hydrolysis) is 1. The molecule has 0 aliphatic heterocycles. The SMILES string of the molecule is CCNC(=NCC(NC(=O)OC(C)(C)C)C(C)C)NC1CC=CC1.I. The van der Waals surface area contributed by atoms with Crippen LogP contribution in [0.2, 0.25) is 0 Å². The number of nitrogens with zero attached hydrogens (tertiary/aromatic N) is 1. The Morgan fingerprint density at radius 1 is 1.28 bits per heavy atom. The summed E-state index contributed by atoms with van der Waals surface area (Å²) in [6, 6.07) is 0.330. The molecule has 1 aliphatic rings. The molecular formula is C18H35IN4O2. The number of hydrogen-bond donors (Lipinski definition) is 3. The van der Waals surface area contributed by atoms with Crippen molar-refractivity contribution in [3.05, 3.63) is 12.2 Å². The predicted molar refractivity (Wildman–Crippen MR) is 115 cm³/mol. The molecule has 6 nitrogen and oxygen atoms in total. The molecule has 25 heavy (non-hydrogen) atoms. The summed E-state index contributed by atoms with van der Waals surface area (Å²) in [5, 5.41) is 9.63. The van der Waals surface area contributed by atoms with Crippen LogP contribution >= 0.6 is 24.0 Å². The molecule has 0 fully saturated rings. The molecule has 0 bridgehead atoms. The van der Waals surface area contributed by atoms with Crippen molar-refractivity contribution in [2.45, 2.75) is 72.1 Å². The summed E-state index contributed by atoms with van der Waals surface area (Å²) in [5.74, 6) is 1.06. The largest absolute Gasteiger partial charge is 0.444 e. The molecule has 0 heterocycles. The van der Waals surface area contributed by atoms with Crippen molar-refractivity contribution in [1.82, 2.24) is 16.0 Å². The van der Waals surface area contributed by atoms with Crippen LogP contribution in [-0.2, 0) is 4.74 Å². The van der Waals surface area contributed by atoms with Gasteiger partial charge in [0.15, 0.2) is 5.96 Å². The van der Waals surface area contributed by atoms with E-state index in [0.717, 1.165) is 25.3 Å². The highest BCUT2D eigenvalue weighted by Gasteiger charge is 2.21. The topological polar surface area (TPSA) is 74.8 Å². The summed E-state index contributed by atoms with van der Waals surface area (Å²) in [4.78, 5) is 16.6.